The molecule has 0 radical (unpaired) electrons. The maximum absolute atomic E-state index is 9.56. The molecule has 0 amide bonds. The average Bonchev–Trinajstić information content (AvgIpc) is 2.18. The molecular formula is C10H11N3O. The van der Waals surface area contributed by atoms with Crippen LogP contribution in [0, 0.1) is 0 Å². The van der Waals surface area contributed by atoms with Crippen molar-refractivity contribution in [1.82, 2.24) is 4.98 Å². The number of pyridine rings is 1. The zero-order valence-electron chi connectivity index (χ0n) is 7.81. The molecule has 0 fully saturated rings. The normalized spacial score (nSPS) is 10.4. The van der Waals surface area contributed by atoms with Gasteiger partial charge in [-0.2, -0.15) is 0 Å². The van der Waals surface area contributed by atoms with Gasteiger partial charge in [-0.1, -0.05) is 12.1 Å². The minimum absolute atomic E-state index is 0.172. The highest BCUT2D eigenvalue weighted by Crippen LogP contribution is 2.23. The van der Waals surface area contributed by atoms with E-state index in [2.05, 4.69) is 4.98 Å². The first-order valence-electron chi connectivity index (χ1n) is 4.25. The molecule has 0 aliphatic carbocycles. The molecular weight excluding hydrogens is 178 g/mol. The third kappa shape index (κ3) is 1.36. The molecule has 0 atom stereocenters. The number of nitrogens with zero attached hydrogens (tertiary/aromatic N) is 2. The van der Waals surface area contributed by atoms with E-state index in [-0.39, 0.29) is 5.75 Å². The van der Waals surface area contributed by atoms with Crippen LogP contribution in [0.4, 0.5) is 5.82 Å². The van der Waals surface area contributed by atoms with E-state index in [9.17, 15) is 5.11 Å². The second-order valence-corrected chi connectivity index (χ2v) is 3.13. The van der Waals surface area contributed by atoms with Gasteiger partial charge in [0.25, 0.3) is 0 Å². The SMILES string of the molecule is CN(N)c1ccc2cccc(O)c2n1. The molecule has 14 heavy (non-hydrogen) atoms. The Kier molecular flexibility index (Phi) is 1.98. The Morgan fingerprint density at radius 1 is 1.29 bits per heavy atom. The Morgan fingerprint density at radius 3 is 2.79 bits per heavy atom. The van der Waals surface area contributed by atoms with Crippen LogP contribution in [-0.2, 0) is 0 Å². The molecule has 1 aromatic heterocycles. The number of aromatic hydroxyl groups is 1. The lowest BCUT2D eigenvalue weighted by molar-refractivity contribution is 0.480. The lowest BCUT2D eigenvalue weighted by Crippen LogP contribution is -2.25. The van der Waals surface area contributed by atoms with Crippen LogP contribution in [0.5, 0.6) is 5.75 Å². The Bertz CT molecular complexity index is 468. The Labute approximate surface area is 81.6 Å². The van der Waals surface area contributed by atoms with Crippen molar-refractivity contribution in [3.8, 4) is 5.75 Å². The first-order chi connectivity index (χ1) is 6.68. The highest BCUT2D eigenvalue weighted by Gasteiger charge is 2.03. The van der Waals surface area contributed by atoms with Gasteiger partial charge in [0.2, 0.25) is 0 Å². The smallest absolute Gasteiger partial charge is 0.143 e. The Hall–Kier alpha value is -1.81. The highest BCUT2D eigenvalue weighted by atomic mass is 16.3. The third-order valence-corrected chi connectivity index (χ3v) is 2.05. The quantitative estimate of drug-likeness (QED) is 0.523. The molecule has 1 heterocycles. The molecule has 0 aliphatic heterocycles. The number of fused-ring (bicyclic) bond motifs is 1. The van der Waals surface area contributed by atoms with Gasteiger partial charge in [0.15, 0.2) is 0 Å². The number of rotatable bonds is 1. The summed E-state index contributed by atoms with van der Waals surface area (Å²) in [4.78, 5) is 4.23. The van der Waals surface area contributed by atoms with Crippen LogP contribution in [0.25, 0.3) is 10.9 Å². The van der Waals surface area contributed by atoms with E-state index < -0.39 is 0 Å². The monoisotopic (exact) mass is 189 g/mol. The van der Waals surface area contributed by atoms with Crippen LogP contribution in [0.1, 0.15) is 0 Å². The van der Waals surface area contributed by atoms with Gasteiger partial charge in [-0.05, 0) is 18.2 Å². The van der Waals surface area contributed by atoms with Crippen LogP contribution in [0.3, 0.4) is 0 Å². The van der Waals surface area contributed by atoms with E-state index in [4.69, 9.17) is 5.84 Å². The summed E-state index contributed by atoms with van der Waals surface area (Å²) in [6.45, 7) is 0. The number of benzene rings is 1. The molecule has 2 rings (SSSR count). The van der Waals surface area contributed by atoms with Gasteiger partial charge in [0.05, 0.1) is 0 Å². The summed E-state index contributed by atoms with van der Waals surface area (Å²) in [5.41, 5.74) is 0.572. The number of para-hydroxylation sites is 1. The number of phenols is 1. The summed E-state index contributed by atoms with van der Waals surface area (Å²) in [7, 11) is 1.70. The lowest BCUT2D eigenvalue weighted by atomic mass is 10.2. The minimum atomic E-state index is 0.172. The van der Waals surface area contributed by atoms with Crippen LogP contribution < -0.4 is 10.9 Å². The van der Waals surface area contributed by atoms with E-state index in [1.165, 1.54) is 5.01 Å². The Morgan fingerprint density at radius 2 is 2.07 bits per heavy atom. The van der Waals surface area contributed by atoms with Crippen molar-refractivity contribution >= 4 is 16.7 Å². The third-order valence-electron chi connectivity index (χ3n) is 2.05. The summed E-state index contributed by atoms with van der Waals surface area (Å²) in [5.74, 6) is 6.34. The van der Waals surface area contributed by atoms with E-state index in [1.807, 2.05) is 18.2 Å². The van der Waals surface area contributed by atoms with Crippen molar-refractivity contribution in [1.29, 1.82) is 0 Å². The molecule has 4 heteroatoms. The minimum Gasteiger partial charge on any atom is -0.506 e. The van der Waals surface area contributed by atoms with Gasteiger partial charge in [0, 0.05) is 12.4 Å². The predicted octanol–water partition coefficient (Wildman–Crippen LogP) is 1.25. The van der Waals surface area contributed by atoms with E-state index in [0.717, 1.165) is 5.39 Å². The second kappa shape index (κ2) is 3.16. The second-order valence-electron chi connectivity index (χ2n) is 3.13. The summed E-state index contributed by atoms with van der Waals surface area (Å²) in [6.07, 6.45) is 0. The van der Waals surface area contributed by atoms with Crippen LogP contribution in [0.2, 0.25) is 0 Å². The summed E-state index contributed by atoms with van der Waals surface area (Å²) in [5, 5.41) is 11.9. The number of phenolic OH excluding ortho intramolecular Hbond substituents is 1. The fraction of sp³-hybridized carbons (Fsp3) is 0.100. The number of hydrazine groups is 1. The van der Waals surface area contributed by atoms with Crippen molar-refractivity contribution in [3.63, 3.8) is 0 Å². The molecule has 1 aromatic carbocycles. The molecule has 3 N–H and O–H groups in total. The molecule has 0 saturated heterocycles. The van der Waals surface area contributed by atoms with E-state index in [1.54, 1.807) is 19.2 Å². The summed E-state index contributed by atoms with van der Waals surface area (Å²) < 4.78 is 0. The maximum atomic E-state index is 9.56. The van der Waals surface area contributed by atoms with E-state index >= 15 is 0 Å². The van der Waals surface area contributed by atoms with Gasteiger partial charge in [-0.25, -0.2) is 10.8 Å². The van der Waals surface area contributed by atoms with Crippen LogP contribution in [0.15, 0.2) is 30.3 Å². The van der Waals surface area contributed by atoms with Crippen molar-refractivity contribution in [2.75, 3.05) is 12.1 Å². The van der Waals surface area contributed by atoms with Crippen molar-refractivity contribution in [3.05, 3.63) is 30.3 Å². The first kappa shape index (κ1) is 8.77. The Balaban J connectivity index is 2.70. The van der Waals surface area contributed by atoms with Gasteiger partial charge in [0.1, 0.15) is 17.1 Å². The average molecular weight is 189 g/mol. The fourth-order valence-corrected chi connectivity index (χ4v) is 1.32. The molecule has 0 spiro atoms. The van der Waals surface area contributed by atoms with Gasteiger partial charge < -0.3 is 5.11 Å². The molecule has 2 aromatic rings. The molecule has 4 nitrogen and oxygen atoms in total. The highest BCUT2D eigenvalue weighted by molar-refractivity contribution is 5.85. The van der Waals surface area contributed by atoms with Crippen molar-refractivity contribution < 1.29 is 5.11 Å². The fourth-order valence-electron chi connectivity index (χ4n) is 1.32. The van der Waals surface area contributed by atoms with Gasteiger partial charge in [-0.3, -0.25) is 5.01 Å². The largest absolute Gasteiger partial charge is 0.506 e. The molecule has 0 unspecified atom stereocenters. The van der Waals surface area contributed by atoms with Crippen molar-refractivity contribution in [2.24, 2.45) is 5.84 Å². The summed E-state index contributed by atoms with van der Waals surface area (Å²) >= 11 is 0. The molecule has 0 bridgehead atoms. The number of hydrogen-bond acceptors (Lipinski definition) is 4. The zero-order chi connectivity index (χ0) is 10.1. The number of hydrogen-bond donors (Lipinski definition) is 2. The number of anilines is 1. The van der Waals surface area contributed by atoms with Gasteiger partial charge in [-0.15, -0.1) is 0 Å². The molecule has 0 aliphatic rings. The standard InChI is InChI=1S/C10H11N3O/c1-13(11)9-6-5-7-3-2-4-8(14)10(7)12-9/h2-6,14H,11H2,1H3. The van der Waals surface area contributed by atoms with Crippen LogP contribution >= 0.6 is 0 Å². The van der Waals surface area contributed by atoms with E-state index in [0.29, 0.717) is 11.3 Å². The zero-order valence-corrected chi connectivity index (χ0v) is 7.81. The van der Waals surface area contributed by atoms with Gasteiger partial charge >= 0.3 is 0 Å². The maximum Gasteiger partial charge on any atom is 0.143 e. The van der Waals surface area contributed by atoms with Crippen molar-refractivity contribution in [2.45, 2.75) is 0 Å². The molecule has 0 saturated carbocycles. The number of aromatic nitrogens is 1. The number of nitrogens with two attached hydrogens (primary N) is 1. The lowest BCUT2D eigenvalue weighted by Gasteiger charge is -2.11. The topological polar surface area (TPSA) is 62.4 Å². The molecule has 72 valence electrons. The predicted molar refractivity (Wildman–Crippen MR) is 56.0 cm³/mol. The van der Waals surface area contributed by atoms with Crippen LogP contribution in [-0.4, -0.2) is 17.1 Å². The summed E-state index contributed by atoms with van der Waals surface area (Å²) in [6, 6.07) is 8.96. The first-order valence-corrected chi connectivity index (χ1v) is 4.25.